The van der Waals surface area contributed by atoms with E-state index in [1.165, 1.54) is 33.0 Å². The molecule has 0 aliphatic heterocycles. The van der Waals surface area contributed by atoms with Gasteiger partial charge in [-0.15, -0.1) is 0 Å². The average molecular weight is 539 g/mol. The van der Waals surface area contributed by atoms with Crippen LogP contribution in [0.2, 0.25) is 0 Å². The van der Waals surface area contributed by atoms with Gasteiger partial charge in [-0.1, -0.05) is 97.1 Å². The van der Waals surface area contributed by atoms with Gasteiger partial charge in [0.1, 0.15) is 5.52 Å². The van der Waals surface area contributed by atoms with E-state index in [4.69, 9.17) is 4.42 Å². The van der Waals surface area contributed by atoms with Crippen LogP contribution in [0.3, 0.4) is 0 Å². The number of benzene rings is 6. The van der Waals surface area contributed by atoms with Crippen molar-refractivity contribution in [1.82, 2.24) is 4.98 Å². The van der Waals surface area contributed by atoms with Crippen molar-refractivity contribution in [3.8, 4) is 22.3 Å². The Morgan fingerprint density at radius 3 is 1.88 bits per heavy atom. The first-order chi connectivity index (χ1) is 20.8. The lowest BCUT2D eigenvalue weighted by atomic mass is 10.0. The zero-order valence-corrected chi connectivity index (χ0v) is 22.8. The van der Waals surface area contributed by atoms with E-state index in [1.54, 1.807) is 0 Å². The largest absolute Gasteiger partial charge is 0.452 e. The van der Waals surface area contributed by atoms with E-state index >= 15 is 0 Å². The highest BCUT2D eigenvalue weighted by atomic mass is 16.3. The van der Waals surface area contributed by atoms with Crippen LogP contribution < -0.4 is 4.90 Å². The Kier molecular flexibility index (Phi) is 5.79. The van der Waals surface area contributed by atoms with Crippen LogP contribution in [0.15, 0.2) is 162 Å². The number of aromatic nitrogens is 1. The summed E-state index contributed by atoms with van der Waals surface area (Å²) in [4.78, 5) is 6.88. The van der Waals surface area contributed by atoms with Crippen molar-refractivity contribution < 1.29 is 4.42 Å². The number of furan rings is 1. The molecule has 0 radical (unpaired) electrons. The molecule has 0 saturated heterocycles. The maximum absolute atomic E-state index is 6.43. The van der Waals surface area contributed by atoms with Crippen LogP contribution in [0.5, 0.6) is 0 Å². The highest BCUT2D eigenvalue weighted by molar-refractivity contribution is 6.08. The molecule has 0 amide bonds. The third kappa shape index (κ3) is 4.20. The predicted molar refractivity (Wildman–Crippen MR) is 175 cm³/mol. The van der Waals surface area contributed by atoms with Gasteiger partial charge in [-0.25, -0.2) is 0 Å². The second kappa shape index (κ2) is 10.1. The van der Waals surface area contributed by atoms with Gasteiger partial charge in [0.2, 0.25) is 0 Å². The summed E-state index contributed by atoms with van der Waals surface area (Å²) in [6, 6.07) is 53.3. The van der Waals surface area contributed by atoms with Crippen molar-refractivity contribution in [2.24, 2.45) is 0 Å². The summed E-state index contributed by atoms with van der Waals surface area (Å²) in [5.74, 6) is 0. The van der Waals surface area contributed by atoms with Gasteiger partial charge in [-0.3, -0.25) is 4.98 Å². The van der Waals surface area contributed by atoms with E-state index in [9.17, 15) is 0 Å². The molecule has 0 spiro atoms. The van der Waals surface area contributed by atoms with Gasteiger partial charge >= 0.3 is 0 Å². The molecule has 6 aromatic carbocycles. The third-order valence-electron chi connectivity index (χ3n) is 7.91. The number of pyridine rings is 1. The van der Waals surface area contributed by atoms with Gasteiger partial charge in [-0.2, -0.15) is 0 Å². The Hall–Kier alpha value is -5.67. The molecule has 3 heteroatoms. The smallest absolute Gasteiger partial charge is 0.161 e. The molecule has 0 N–H and O–H groups in total. The molecule has 0 atom stereocenters. The summed E-state index contributed by atoms with van der Waals surface area (Å²) < 4.78 is 6.43. The maximum atomic E-state index is 6.43. The standard InChI is InChI=1S/C39H26N2O/c1-2-8-27(9-3-1)29-17-21-33(22-18-29)41(36-13-6-12-35-38-37(42-39(35)36)14-7-25-40-38)34-23-19-30(20-24-34)32-16-15-28-10-4-5-11-31(28)26-32/h1-26H. The lowest BCUT2D eigenvalue weighted by molar-refractivity contribution is 0.668. The second-order valence-electron chi connectivity index (χ2n) is 10.5. The fourth-order valence-electron chi connectivity index (χ4n) is 5.81. The molecule has 0 bridgehead atoms. The van der Waals surface area contributed by atoms with Crippen LogP contribution in [0.1, 0.15) is 0 Å². The van der Waals surface area contributed by atoms with Crippen LogP contribution in [-0.4, -0.2) is 4.98 Å². The Morgan fingerprint density at radius 1 is 0.476 bits per heavy atom. The topological polar surface area (TPSA) is 29.3 Å². The molecule has 2 aromatic heterocycles. The van der Waals surface area contributed by atoms with Gasteiger partial charge < -0.3 is 9.32 Å². The van der Waals surface area contributed by atoms with Crippen molar-refractivity contribution in [2.45, 2.75) is 0 Å². The first-order valence-electron chi connectivity index (χ1n) is 14.1. The molecular formula is C39H26N2O. The summed E-state index contributed by atoms with van der Waals surface area (Å²) in [5, 5.41) is 3.49. The fourth-order valence-corrected chi connectivity index (χ4v) is 5.81. The van der Waals surface area contributed by atoms with Crippen molar-refractivity contribution in [3.05, 3.63) is 158 Å². The molecule has 2 heterocycles. The van der Waals surface area contributed by atoms with Crippen molar-refractivity contribution in [2.75, 3.05) is 4.90 Å². The molecule has 0 saturated carbocycles. The van der Waals surface area contributed by atoms with E-state index in [2.05, 4.69) is 143 Å². The van der Waals surface area contributed by atoms with E-state index < -0.39 is 0 Å². The van der Waals surface area contributed by atoms with Gasteiger partial charge in [0.25, 0.3) is 0 Å². The van der Waals surface area contributed by atoms with Gasteiger partial charge in [0, 0.05) is 23.0 Å². The zero-order chi connectivity index (χ0) is 27.9. The van der Waals surface area contributed by atoms with E-state index in [0.717, 1.165) is 39.1 Å². The number of fused-ring (bicyclic) bond motifs is 4. The maximum Gasteiger partial charge on any atom is 0.161 e. The Bertz CT molecular complexity index is 2180. The summed E-state index contributed by atoms with van der Waals surface area (Å²) in [6.45, 7) is 0. The SMILES string of the molecule is c1ccc(-c2ccc(N(c3ccc(-c4ccc5ccccc5c4)cc3)c3cccc4c3oc3cccnc34)cc2)cc1. The monoisotopic (exact) mass is 538 g/mol. The molecule has 42 heavy (non-hydrogen) atoms. The first-order valence-corrected chi connectivity index (χ1v) is 14.1. The van der Waals surface area contributed by atoms with Crippen molar-refractivity contribution >= 4 is 49.9 Å². The lowest BCUT2D eigenvalue weighted by Gasteiger charge is -2.26. The minimum atomic E-state index is 0.783. The molecule has 8 rings (SSSR count). The summed E-state index contributed by atoms with van der Waals surface area (Å²) >= 11 is 0. The zero-order valence-electron chi connectivity index (χ0n) is 22.8. The number of para-hydroxylation sites is 1. The molecule has 0 aliphatic carbocycles. The summed E-state index contributed by atoms with van der Waals surface area (Å²) in [6.07, 6.45) is 1.82. The van der Waals surface area contributed by atoms with Gasteiger partial charge in [0.15, 0.2) is 11.2 Å². The molecule has 0 fully saturated rings. The molecule has 3 nitrogen and oxygen atoms in total. The Balaban J connectivity index is 1.26. The molecule has 198 valence electrons. The lowest BCUT2D eigenvalue weighted by Crippen LogP contribution is -2.10. The average Bonchev–Trinajstić information content (AvgIpc) is 3.45. The van der Waals surface area contributed by atoms with Gasteiger partial charge in [0.05, 0.1) is 5.69 Å². The van der Waals surface area contributed by atoms with Gasteiger partial charge in [-0.05, 0) is 87.6 Å². The second-order valence-corrected chi connectivity index (χ2v) is 10.5. The van der Waals surface area contributed by atoms with Crippen LogP contribution in [0, 0.1) is 0 Å². The molecule has 8 aromatic rings. The number of anilines is 3. The number of hydrogen-bond acceptors (Lipinski definition) is 3. The van der Waals surface area contributed by atoms with Crippen molar-refractivity contribution in [3.63, 3.8) is 0 Å². The van der Waals surface area contributed by atoms with E-state index in [-0.39, 0.29) is 0 Å². The van der Waals surface area contributed by atoms with Crippen LogP contribution >= 0.6 is 0 Å². The van der Waals surface area contributed by atoms with E-state index in [0.29, 0.717) is 0 Å². The number of nitrogens with zero attached hydrogens (tertiary/aromatic N) is 2. The fraction of sp³-hybridized carbons (Fsp3) is 0. The molecule has 0 aliphatic rings. The Labute approximate surface area is 243 Å². The van der Waals surface area contributed by atoms with Crippen LogP contribution in [0.4, 0.5) is 17.1 Å². The number of rotatable bonds is 5. The van der Waals surface area contributed by atoms with E-state index in [1.807, 2.05) is 24.4 Å². The van der Waals surface area contributed by atoms with Crippen LogP contribution in [-0.2, 0) is 0 Å². The predicted octanol–water partition coefficient (Wildman–Crippen LogP) is 10.9. The van der Waals surface area contributed by atoms with Crippen molar-refractivity contribution in [1.29, 1.82) is 0 Å². The summed E-state index contributed by atoms with van der Waals surface area (Å²) in [7, 11) is 0. The highest BCUT2D eigenvalue weighted by Crippen LogP contribution is 2.42. The molecule has 0 unspecified atom stereocenters. The minimum Gasteiger partial charge on any atom is -0.452 e. The van der Waals surface area contributed by atoms with Crippen LogP contribution in [0.25, 0.3) is 55.1 Å². The number of hydrogen-bond donors (Lipinski definition) is 0. The first kappa shape index (κ1) is 24.2. The Morgan fingerprint density at radius 2 is 1.12 bits per heavy atom. The normalized spacial score (nSPS) is 11.3. The quantitative estimate of drug-likeness (QED) is 0.218. The third-order valence-corrected chi connectivity index (χ3v) is 7.91. The summed E-state index contributed by atoms with van der Waals surface area (Å²) in [5.41, 5.74) is 10.3. The minimum absolute atomic E-state index is 0.783. The highest BCUT2D eigenvalue weighted by Gasteiger charge is 2.20. The molecular weight excluding hydrogens is 512 g/mol.